The van der Waals surface area contributed by atoms with E-state index in [9.17, 15) is 29.1 Å². The van der Waals surface area contributed by atoms with E-state index >= 15 is 4.39 Å². The third-order valence-electron chi connectivity index (χ3n) is 11.9. The molecule has 6 atom stereocenters. The Bertz CT molecular complexity index is 3290. The van der Waals surface area contributed by atoms with Gasteiger partial charge in [0.1, 0.15) is 47.3 Å². The molecule has 5 heterocycles. The number of imidazole rings is 2. The summed E-state index contributed by atoms with van der Waals surface area (Å²) >= 11 is 5.82. The van der Waals surface area contributed by atoms with E-state index in [-0.39, 0.29) is 55.5 Å². The van der Waals surface area contributed by atoms with Crippen molar-refractivity contribution in [1.82, 2.24) is 34.1 Å². The van der Waals surface area contributed by atoms with Gasteiger partial charge < -0.3 is 47.7 Å². The van der Waals surface area contributed by atoms with E-state index in [1.54, 1.807) is 32.6 Å². The van der Waals surface area contributed by atoms with Crippen molar-refractivity contribution in [3.63, 3.8) is 0 Å². The van der Waals surface area contributed by atoms with E-state index in [2.05, 4.69) is 25.3 Å². The number of ether oxygens (including phenoxy) is 4. The quantitative estimate of drug-likeness (QED) is 0.0307. The minimum atomic E-state index is -3.91. The normalized spacial score (nSPS) is 17.9. The van der Waals surface area contributed by atoms with Gasteiger partial charge in [-0.15, -0.1) is 0 Å². The van der Waals surface area contributed by atoms with Crippen LogP contribution in [0.2, 0.25) is 0 Å². The molecule has 1 aliphatic rings. The zero-order chi connectivity index (χ0) is 53.4. The van der Waals surface area contributed by atoms with Crippen LogP contribution in [-0.2, 0) is 67.5 Å². The number of carbonyl (C=O) groups excluding carboxylic acids is 2. The van der Waals surface area contributed by atoms with Crippen molar-refractivity contribution in [3.8, 4) is 17.6 Å². The maximum Gasteiger partial charge on any atom is 0.327 e. The van der Waals surface area contributed by atoms with Crippen LogP contribution in [0.3, 0.4) is 0 Å². The first-order valence-corrected chi connectivity index (χ1v) is 26.9. The Hall–Kier alpha value is -6.81. The zero-order valence-electron chi connectivity index (χ0n) is 40.7. The first-order valence-electron chi connectivity index (χ1n) is 23.1. The Morgan fingerprint density at radius 2 is 1.64 bits per heavy atom. The molecule has 7 aromatic rings. The third kappa shape index (κ3) is 12.0. The van der Waals surface area contributed by atoms with Crippen molar-refractivity contribution >= 4 is 66.9 Å². The molecular weight excluding hydrogens is 1040 g/mol. The summed E-state index contributed by atoms with van der Waals surface area (Å²) in [5.41, 5.74) is 6.25. The zero-order valence-corrected chi connectivity index (χ0v) is 43.4. The van der Waals surface area contributed by atoms with Crippen LogP contribution in [0, 0.1) is 17.2 Å². The molecule has 2 amide bonds. The lowest BCUT2D eigenvalue weighted by molar-refractivity contribution is -0.118. The number of hydrogen-bond acceptors (Lipinski definition) is 18. The summed E-state index contributed by atoms with van der Waals surface area (Å²) in [6.45, 7) is -1.99. The van der Waals surface area contributed by atoms with Crippen LogP contribution in [0.15, 0.2) is 102 Å². The minimum absolute atomic E-state index is 0.0290. The minimum Gasteiger partial charge on any atom is -0.497 e. The third-order valence-corrected chi connectivity index (χ3v) is 14.8. The molecular formula is C48H51FN10O13P2S. The lowest BCUT2D eigenvalue weighted by atomic mass is 9.80. The number of primary amides is 1. The number of fused-ring (bicyclic) bond motifs is 2. The number of carbonyl (C=O) groups is 2. The first kappa shape index (κ1) is 54.5. The Labute approximate surface area is 433 Å². The van der Waals surface area contributed by atoms with Crippen molar-refractivity contribution in [3.05, 3.63) is 136 Å². The Kier molecular flexibility index (Phi) is 17.3. The summed E-state index contributed by atoms with van der Waals surface area (Å²) in [4.78, 5) is 67.8. The van der Waals surface area contributed by atoms with Gasteiger partial charge in [0.15, 0.2) is 29.2 Å². The molecule has 3 aromatic carbocycles. The number of H-pyrrole nitrogens is 1. The van der Waals surface area contributed by atoms with Crippen molar-refractivity contribution < 1.29 is 60.5 Å². The molecule has 2 unspecified atom stereocenters. The van der Waals surface area contributed by atoms with Gasteiger partial charge in [-0.25, -0.2) is 19.3 Å². The number of anilines is 1. The molecule has 4 aromatic heterocycles. The molecule has 0 spiro atoms. The average molecular weight is 1090 g/mol. The van der Waals surface area contributed by atoms with Crippen molar-refractivity contribution in [2.45, 2.75) is 63.6 Å². The second kappa shape index (κ2) is 23.8. The van der Waals surface area contributed by atoms with Gasteiger partial charge in [-0.3, -0.25) is 38.3 Å². The number of pyridine rings is 1. The number of aromatic amines is 1. The van der Waals surface area contributed by atoms with Gasteiger partial charge in [-0.1, -0.05) is 68.4 Å². The van der Waals surface area contributed by atoms with E-state index in [0.29, 0.717) is 28.5 Å². The number of amides is 2. The summed E-state index contributed by atoms with van der Waals surface area (Å²) in [6, 6.07) is 28.0. The first-order chi connectivity index (χ1) is 36.1. The second-order valence-corrected chi connectivity index (χ2v) is 20.7. The second-order valence-electron chi connectivity index (χ2n) is 17.0. The summed E-state index contributed by atoms with van der Waals surface area (Å²) in [6.07, 6.45) is -4.74. The molecule has 0 saturated carbocycles. The number of hydrogen-bond donors (Lipinski definition) is 4. The maximum atomic E-state index is 16.5. The molecule has 75 heavy (non-hydrogen) atoms. The number of alkyl halides is 1. The topological polar surface area (TPSA) is 301 Å². The van der Waals surface area contributed by atoms with Gasteiger partial charge in [0.25, 0.3) is 5.56 Å². The highest BCUT2D eigenvalue weighted by atomic mass is 32.5. The molecule has 394 valence electrons. The van der Waals surface area contributed by atoms with Gasteiger partial charge in [0.2, 0.25) is 17.8 Å². The number of halogens is 1. The largest absolute Gasteiger partial charge is 0.497 e. The maximum absolute atomic E-state index is 16.5. The number of aromatic nitrogens is 7. The number of nitrogens with zero attached hydrogens (tertiary/aromatic N) is 7. The molecule has 8 rings (SSSR count). The van der Waals surface area contributed by atoms with Crippen LogP contribution >= 0.6 is 15.0 Å². The fraction of sp³-hybridized carbons (Fsp3) is 0.333. The van der Waals surface area contributed by atoms with E-state index in [1.807, 2.05) is 84.9 Å². The van der Waals surface area contributed by atoms with Crippen molar-refractivity contribution in [2.75, 3.05) is 39.4 Å². The Morgan fingerprint density at radius 3 is 2.25 bits per heavy atom. The fourth-order valence-corrected chi connectivity index (χ4v) is 10.5. The average Bonchev–Trinajstić information content (AvgIpc) is 4.09. The van der Waals surface area contributed by atoms with Crippen LogP contribution < -0.4 is 26.1 Å². The number of nitriles is 1. The van der Waals surface area contributed by atoms with E-state index in [1.165, 1.54) is 12.3 Å². The summed E-state index contributed by atoms with van der Waals surface area (Å²) < 4.78 is 78.8. The smallest absolute Gasteiger partial charge is 0.327 e. The number of methoxy groups -OCH3 is 2. The molecule has 23 nitrogen and oxygen atoms in total. The van der Waals surface area contributed by atoms with Crippen LogP contribution in [0.4, 0.5) is 10.3 Å². The van der Waals surface area contributed by atoms with Crippen LogP contribution in [0.25, 0.3) is 22.3 Å². The number of nitrogens with one attached hydrogen (secondary N) is 2. The van der Waals surface area contributed by atoms with Gasteiger partial charge in [0.05, 0.1) is 58.4 Å². The van der Waals surface area contributed by atoms with Gasteiger partial charge >= 0.3 is 15.0 Å². The van der Waals surface area contributed by atoms with Gasteiger partial charge in [0, 0.05) is 18.7 Å². The predicted octanol–water partition coefficient (Wildman–Crippen LogP) is 5.97. The molecule has 0 radical (unpaired) electrons. The van der Waals surface area contributed by atoms with Crippen LogP contribution in [0.1, 0.15) is 59.4 Å². The highest BCUT2D eigenvalue weighted by molar-refractivity contribution is 8.07. The molecule has 27 heteroatoms. The predicted molar refractivity (Wildman–Crippen MR) is 272 cm³/mol. The molecule has 1 aliphatic heterocycles. The summed E-state index contributed by atoms with van der Waals surface area (Å²) in [5.74, 6) is -0.309. The molecule has 0 bridgehead atoms. The molecule has 5 N–H and O–H groups in total. The standard InChI is InChI=1S/C48H51FN10O13P2S/c1-28(2)44(61)56-47-55-43-39(45(62)57-47)53-27-59(43)46-40(72-73(63)64)38(49)36(71-46)25-70-74(75,68-21-8-19-50)69-22-20-58-37(54-35-23-29(41(51)60)24-52-42(35)58)26-67-48(30-9-6-5-7-10-30,31-11-15-33(65-3)16-12-31)32-13-17-34(66-4)18-14-32/h5-7,9-18,23-24,27-28,36,38,40,46,73H,8,20-22,25-26H2,1-4H3,(H2,51,60)(H,63,64)(H2,55,56,57,61,62)/t36-,38-,40-,46-,74?/m1/s1. The highest BCUT2D eigenvalue weighted by Crippen LogP contribution is 2.51. The highest BCUT2D eigenvalue weighted by Gasteiger charge is 2.49. The molecule has 1 saturated heterocycles. The van der Waals surface area contributed by atoms with Crippen molar-refractivity contribution in [1.29, 1.82) is 5.26 Å². The monoisotopic (exact) mass is 1090 g/mol. The van der Waals surface area contributed by atoms with Gasteiger partial charge in [-0.2, -0.15) is 10.2 Å². The van der Waals surface area contributed by atoms with Crippen LogP contribution in [0.5, 0.6) is 11.5 Å². The van der Waals surface area contributed by atoms with E-state index < -0.39 is 75.1 Å². The fourth-order valence-electron chi connectivity index (χ4n) is 8.24. The Balaban J connectivity index is 1.08. The van der Waals surface area contributed by atoms with E-state index in [0.717, 1.165) is 27.6 Å². The molecule has 1 fully saturated rings. The molecule has 0 aliphatic carbocycles. The Morgan fingerprint density at radius 1 is 0.987 bits per heavy atom. The van der Waals surface area contributed by atoms with Gasteiger partial charge in [-0.05, 0) is 58.8 Å². The lowest BCUT2D eigenvalue weighted by Crippen LogP contribution is -2.33. The summed E-state index contributed by atoms with van der Waals surface area (Å²) in [5, 5.41) is 11.9. The van der Waals surface area contributed by atoms with Crippen molar-refractivity contribution in [2.24, 2.45) is 11.7 Å². The van der Waals surface area contributed by atoms with Crippen LogP contribution in [-0.4, -0.2) is 103 Å². The number of benzene rings is 3. The number of rotatable bonds is 24. The van der Waals surface area contributed by atoms with E-state index in [4.69, 9.17) is 59.6 Å². The SMILES string of the molecule is COc1ccc(C(OCc2nc3cc(C(N)=O)cnc3n2CCOP(=S)(OCCC#N)OC[C@H]2O[C@@H](n3cnc4c(=O)[nH]c(NC(=O)C(C)C)nc43)[C@H](O[PH](=O)O)[C@@H]2F)(c2ccccc2)c2ccc(OC)cc2)cc1. The lowest BCUT2D eigenvalue weighted by Gasteiger charge is -2.36. The number of nitrogens with two attached hydrogens (primary N) is 1. The summed E-state index contributed by atoms with van der Waals surface area (Å²) in [7, 11) is -0.654.